The first-order valence-electron chi connectivity index (χ1n) is 8.59. The lowest BCUT2D eigenvalue weighted by molar-refractivity contribution is 0.507. The number of rotatable bonds is 6. The number of hydrogen-bond donors (Lipinski definition) is 2. The third-order valence-electron chi connectivity index (χ3n) is 4.49. The standard InChI is InChI=1S/C18H20N4O3S2/c1-10-15(18-21-20-17(25-18)12-7-8-12)16(11(2)19-10)27(23,24)22-13-5-4-6-14(9-13)26-3/h4-6,9,12,19,22H,7-8H2,1-3H3. The number of sulfonamides is 1. The van der Waals surface area contributed by atoms with E-state index in [0.29, 0.717) is 34.4 Å². The molecular weight excluding hydrogens is 384 g/mol. The van der Waals surface area contributed by atoms with E-state index in [1.165, 1.54) is 0 Å². The molecule has 142 valence electrons. The molecule has 3 aromatic rings. The summed E-state index contributed by atoms with van der Waals surface area (Å²) >= 11 is 1.55. The Bertz CT molecular complexity index is 1100. The number of thioether (sulfide) groups is 1. The minimum atomic E-state index is -3.84. The Morgan fingerprint density at radius 2 is 2.00 bits per heavy atom. The quantitative estimate of drug-likeness (QED) is 0.600. The zero-order chi connectivity index (χ0) is 19.2. The molecule has 0 saturated heterocycles. The lowest BCUT2D eigenvalue weighted by Crippen LogP contribution is -2.14. The van der Waals surface area contributed by atoms with Crippen LogP contribution in [0.1, 0.15) is 36.0 Å². The number of nitrogens with one attached hydrogen (secondary N) is 2. The Kier molecular flexibility index (Phi) is 4.51. The number of H-pyrrole nitrogens is 1. The molecule has 2 heterocycles. The maximum atomic E-state index is 13.2. The maximum absolute atomic E-state index is 13.2. The maximum Gasteiger partial charge on any atom is 0.264 e. The smallest absolute Gasteiger partial charge is 0.264 e. The second kappa shape index (κ2) is 6.72. The van der Waals surface area contributed by atoms with E-state index in [1.807, 2.05) is 18.4 Å². The highest BCUT2D eigenvalue weighted by Gasteiger charge is 2.33. The van der Waals surface area contributed by atoms with Gasteiger partial charge in [0, 0.05) is 27.9 Å². The number of nitrogens with zero attached hydrogens (tertiary/aromatic N) is 2. The zero-order valence-corrected chi connectivity index (χ0v) is 16.9. The van der Waals surface area contributed by atoms with Gasteiger partial charge in [0.15, 0.2) is 0 Å². The van der Waals surface area contributed by atoms with Crippen molar-refractivity contribution in [3.05, 3.63) is 41.5 Å². The number of aromatic nitrogens is 3. The van der Waals surface area contributed by atoms with Crippen LogP contribution in [0, 0.1) is 13.8 Å². The van der Waals surface area contributed by atoms with Gasteiger partial charge in [0.25, 0.3) is 15.9 Å². The summed E-state index contributed by atoms with van der Waals surface area (Å²) in [6.45, 7) is 3.53. The monoisotopic (exact) mass is 404 g/mol. The molecule has 0 atom stereocenters. The molecule has 9 heteroatoms. The van der Waals surface area contributed by atoms with E-state index in [0.717, 1.165) is 17.7 Å². The van der Waals surface area contributed by atoms with Crippen molar-refractivity contribution >= 4 is 27.5 Å². The van der Waals surface area contributed by atoms with Crippen molar-refractivity contribution < 1.29 is 12.8 Å². The molecule has 1 saturated carbocycles. The van der Waals surface area contributed by atoms with Gasteiger partial charge < -0.3 is 9.40 Å². The van der Waals surface area contributed by atoms with Crippen molar-refractivity contribution in [2.45, 2.75) is 42.4 Å². The Morgan fingerprint density at radius 1 is 1.22 bits per heavy atom. The van der Waals surface area contributed by atoms with Crippen molar-refractivity contribution in [1.82, 2.24) is 15.2 Å². The van der Waals surface area contributed by atoms with E-state index in [4.69, 9.17) is 4.42 Å². The molecule has 0 bridgehead atoms. The first-order chi connectivity index (χ1) is 12.9. The third kappa shape index (κ3) is 3.49. The number of aryl methyl sites for hydroxylation is 2. The molecule has 0 unspecified atom stereocenters. The molecule has 2 N–H and O–H groups in total. The highest BCUT2D eigenvalue weighted by atomic mass is 32.2. The van der Waals surface area contributed by atoms with Gasteiger partial charge in [-0.2, -0.15) is 0 Å². The van der Waals surface area contributed by atoms with Gasteiger partial charge in [0.05, 0.1) is 5.56 Å². The van der Waals surface area contributed by atoms with Crippen LogP contribution in [0.3, 0.4) is 0 Å². The van der Waals surface area contributed by atoms with Gasteiger partial charge in [-0.05, 0) is 51.1 Å². The number of aromatic amines is 1. The summed E-state index contributed by atoms with van der Waals surface area (Å²) < 4.78 is 34.7. The van der Waals surface area contributed by atoms with E-state index in [1.54, 1.807) is 37.7 Å². The summed E-state index contributed by atoms with van der Waals surface area (Å²) in [7, 11) is -3.84. The predicted octanol–water partition coefficient (Wildman–Crippen LogP) is 4.08. The van der Waals surface area contributed by atoms with E-state index >= 15 is 0 Å². The van der Waals surface area contributed by atoms with Gasteiger partial charge in [-0.1, -0.05) is 6.07 Å². The molecular formula is C18H20N4O3S2. The van der Waals surface area contributed by atoms with Crippen LogP contribution in [-0.2, 0) is 10.0 Å². The molecule has 1 aliphatic rings. The highest BCUT2D eigenvalue weighted by Crippen LogP contribution is 2.41. The minimum absolute atomic E-state index is 0.139. The van der Waals surface area contributed by atoms with E-state index < -0.39 is 10.0 Å². The van der Waals surface area contributed by atoms with Crippen LogP contribution in [0.15, 0.2) is 38.5 Å². The lowest BCUT2D eigenvalue weighted by atomic mass is 10.2. The summed E-state index contributed by atoms with van der Waals surface area (Å²) in [6, 6.07) is 7.27. The highest BCUT2D eigenvalue weighted by molar-refractivity contribution is 7.98. The normalized spacial score (nSPS) is 14.5. The minimum Gasteiger partial charge on any atom is -0.420 e. The van der Waals surface area contributed by atoms with Crippen molar-refractivity contribution in [2.24, 2.45) is 0 Å². The Morgan fingerprint density at radius 3 is 2.70 bits per heavy atom. The van der Waals surface area contributed by atoms with E-state index in [2.05, 4.69) is 19.9 Å². The van der Waals surface area contributed by atoms with Crippen LogP contribution in [0.5, 0.6) is 0 Å². The van der Waals surface area contributed by atoms with Crippen molar-refractivity contribution in [3.63, 3.8) is 0 Å². The molecule has 0 amide bonds. The zero-order valence-electron chi connectivity index (χ0n) is 15.2. The Labute approximate surface area is 162 Å². The molecule has 0 spiro atoms. The number of benzene rings is 1. The average Bonchev–Trinajstić information content (AvgIpc) is 3.27. The van der Waals surface area contributed by atoms with Crippen molar-refractivity contribution in [1.29, 1.82) is 0 Å². The van der Waals surface area contributed by atoms with Crippen LogP contribution in [-0.4, -0.2) is 29.9 Å². The van der Waals surface area contributed by atoms with E-state index in [-0.39, 0.29) is 10.8 Å². The summed E-state index contributed by atoms with van der Waals surface area (Å²) in [5.74, 6) is 1.11. The molecule has 2 aromatic heterocycles. The van der Waals surface area contributed by atoms with Crippen LogP contribution < -0.4 is 4.72 Å². The van der Waals surface area contributed by atoms with Crippen LogP contribution in [0.2, 0.25) is 0 Å². The summed E-state index contributed by atoms with van der Waals surface area (Å²) in [5, 5.41) is 8.18. The first kappa shape index (κ1) is 18.1. The molecule has 4 rings (SSSR count). The molecule has 0 aliphatic heterocycles. The van der Waals surface area contributed by atoms with Gasteiger partial charge in [-0.3, -0.25) is 4.72 Å². The van der Waals surface area contributed by atoms with Gasteiger partial charge in [0.2, 0.25) is 5.89 Å². The summed E-state index contributed by atoms with van der Waals surface area (Å²) in [5.41, 5.74) is 2.15. The number of anilines is 1. The lowest BCUT2D eigenvalue weighted by Gasteiger charge is -2.10. The van der Waals surface area contributed by atoms with Crippen LogP contribution in [0.25, 0.3) is 11.5 Å². The van der Waals surface area contributed by atoms with Crippen molar-refractivity contribution in [2.75, 3.05) is 11.0 Å². The molecule has 1 fully saturated rings. The Hall–Kier alpha value is -2.26. The Balaban J connectivity index is 1.75. The fraction of sp³-hybridized carbons (Fsp3) is 0.333. The fourth-order valence-electron chi connectivity index (χ4n) is 3.08. The average molecular weight is 405 g/mol. The predicted molar refractivity (Wildman–Crippen MR) is 105 cm³/mol. The van der Waals surface area contributed by atoms with Crippen LogP contribution >= 0.6 is 11.8 Å². The summed E-state index contributed by atoms with van der Waals surface area (Å²) in [6.07, 6.45) is 4.01. The molecule has 1 aromatic carbocycles. The third-order valence-corrected chi connectivity index (χ3v) is 6.77. The molecule has 1 aliphatic carbocycles. The summed E-state index contributed by atoms with van der Waals surface area (Å²) in [4.78, 5) is 4.21. The second-order valence-corrected chi connectivity index (χ2v) is 9.14. The van der Waals surface area contributed by atoms with Crippen molar-refractivity contribution in [3.8, 4) is 11.5 Å². The molecule has 0 radical (unpaired) electrons. The largest absolute Gasteiger partial charge is 0.420 e. The van der Waals surface area contributed by atoms with Gasteiger partial charge >= 0.3 is 0 Å². The fourth-order valence-corrected chi connectivity index (χ4v) is 5.04. The van der Waals surface area contributed by atoms with Gasteiger partial charge in [-0.25, -0.2) is 8.42 Å². The molecule has 7 nitrogen and oxygen atoms in total. The topological polar surface area (TPSA) is 101 Å². The number of hydrogen-bond acceptors (Lipinski definition) is 6. The second-order valence-electron chi connectivity index (χ2n) is 6.64. The first-order valence-corrected chi connectivity index (χ1v) is 11.3. The van der Waals surface area contributed by atoms with Gasteiger partial charge in [0.1, 0.15) is 4.90 Å². The van der Waals surface area contributed by atoms with E-state index in [9.17, 15) is 8.42 Å². The molecule has 27 heavy (non-hydrogen) atoms. The SMILES string of the molecule is CSc1cccc(NS(=O)(=O)c2c(C)[nH]c(C)c2-c2nnc(C3CC3)o2)c1. The van der Waals surface area contributed by atoms with Gasteiger partial charge in [-0.15, -0.1) is 22.0 Å². The van der Waals surface area contributed by atoms with Crippen LogP contribution in [0.4, 0.5) is 5.69 Å².